The largest absolute Gasteiger partial charge is 0.492 e. The van der Waals surface area contributed by atoms with Gasteiger partial charge in [-0.25, -0.2) is 9.66 Å². The fraction of sp³-hybridized carbons (Fsp3) is 0.333. The molecule has 0 fully saturated rings. The van der Waals surface area contributed by atoms with Gasteiger partial charge in [0, 0.05) is 12.1 Å². The molecule has 2 rings (SSSR count). The minimum absolute atomic E-state index is 0.370. The van der Waals surface area contributed by atoms with Crippen LogP contribution in [0.4, 0.5) is 5.95 Å². The Morgan fingerprint density at radius 2 is 2.14 bits per heavy atom. The highest BCUT2D eigenvalue weighted by Gasteiger charge is 2.02. The number of imidazole rings is 1. The molecule has 0 bridgehead atoms. The highest BCUT2D eigenvalue weighted by Crippen LogP contribution is 2.16. The van der Waals surface area contributed by atoms with Gasteiger partial charge in [0.25, 0.3) is 0 Å². The summed E-state index contributed by atoms with van der Waals surface area (Å²) in [5.41, 5.74) is 7.50. The number of likely N-dealkylation sites (N-methyl/N-ethyl adjacent to an activating group) is 1. The molecule has 0 aliphatic carbocycles. The molecule has 6 nitrogen and oxygen atoms in total. The molecule has 1 aromatic heterocycles. The number of benzene rings is 1. The predicted molar refractivity (Wildman–Crippen MR) is 84.9 cm³/mol. The van der Waals surface area contributed by atoms with E-state index in [2.05, 4.69) is 15.0 Å². The summed E-state index contributed by atoms with van der Waals surface area (Å²) in [6, 6.07) is 7.77. The average Bonchev–Trinajstić information content (AvgIpc) is 2.75. The summed E-state index contributed by atoms with van der Waals surface area (Å²) < 4.78 is 7.33. The van der Waals surface area contributed by atoms with E-state index in [1.54, 1.807) is 17.1 Å². The molecule has 0 saturated heterocycles. The van der Waals surface area contributed by atoms with Crippen molar-refractivity contribution in [3.05, 3.63) is 41.7 Å². The van der Waals surface area contributed by atoms with Crippen LogP contribution in [-0.4, -0.2) is 48.0 Å². The third-order valence-electron chi connectivity index (χ3n) is 2.87. The van der Waals surface area contributed by atoms with Crippen LogP contribution < -0.4 is 10.5 Å². The summed E-state index contributed by atoms with van der Waals surface area (Å²) in [5, 5.41) is 4.31. The first kappa shape index (κ1) is 15.1. The molecule has 0 aliphatic rings. The number of nitrogens with zero attached hydrogens (tertiary/aromatic N) is 4. The fourth-order valence-corrected chi connectivity index (χ4v) is 1.78. The van der Waals surface area contributed by atoms with Crippen LogP contribution in [0.1, 0.15) is 11.3 Å². The van der Waals surface area contributed by atoms with E-state index in [9.17, 15) is 0 Å². The van der Waals surface area contributed by atoms with Gasteiger partial charge in [-0.3, -0.25) is 0 Å². The molecule has 0 radical (unpaired) electrons. The Hall–Kier alpha value is -2.34. The van der Waals surface area contributed by atoms with Crippen molar-refractivity contribution in [2.24, 2.45) is 5.10 Å². The second-order valence-corrected chi connectivity index (χ2v) is 5.02. The smallest absolute Gasteiger partial charge is 0.221 e. The number of anilines is 1. The zero-order valence-corrected chi connectivity index (χ0v) is 12.7. The van der Waals surface area contributed by atoms with Gasteiger partial charge in [0.1, 0.15) is 12.4 Å². The van der Waals surface area contributed by atoms with Crippen LogP contribution in [0.3, 0.4) is 0 Å². The van der Waals surface area contributed by atoms with E-state index in [0.717, 1.165) is 23.6 Å². The first-order valence-electron chi connectivity index (χ1n) is 6.78. The predicted octanol–water partition coefficient (Wildman–Crippen LogP) is 1.60. The second-order valence-electron chi connectivity index (χ2n) is 5.02. The fourth-order valence-electron chi connectivity index (χ4n) is 1.78. The van der Waals surface area contributed by atoms with Crippen molar-refractivity contribution < 1.29 is 4.74 Å². The molecular weight excluding hydrogens is 266 g/mol. The number of ether oxygens (including phenoxy) is 1. The minimum Gasteiger partial charge on any atom is -0.492 e. The molecule has 1 heterocycles. The number of nitrogen functional groups attached to an aromatic ring is 1. The lowest BCUT2D eigenvalue weighted by Crippen LogP contribution is -2.19. The zero-order valence-electron chi connectivity index (χ0n) is 12.7. The molecule has 0 atom stereocenters. The summed E-state index contributed by atoms with van der Waals surface area (Å²) in [5.74, 6) is 1.17. The molecule has 0 saturated carbocycles. The maximum Gasteiger partial charge on any atom is 0.221 e. The van der Waals surface area contributed by atoms with Gasteiger partial charge in [0.2, 0.25) is 5.95 Å². The zero-order chi connectivity index (χ0) is 15.2. The molecule has 2 aromatic rings. The van der Waals surface area contributed by atoms with Crippen molar-refractivity contribution in [3.63, 3.8) is 0 Å². The minimum atomic E-state index is 0.370. The Bertz CT molecular complexity index is 618. The molecule has 0 spiro atoms. The quantitative estimate of drug-likeness (QED) is 0.819. The van der Waals surface area contributed by atoms with Crippen LogP contribution in [0.2, 0.25) is 0 Å². The Morgan fingerprint density at radius 1 is 1.38 bits per heavy atom. The van der Waals surface area contributed by atoms with Gasteiger partial charge in [-0.2, -0.15) is 5.10 Å². The van der Waals surface area contributed by atoms with Gasteiger partial charge in [-0.05, 0) is 33.2 Å². The molecule has 0 aliphatic heterocycles. The highest BCUT2D eigenvalue weighted by molar-refractivity contribution is 5.83. The van der Waals surface area contributed by atoms with Crippen LogP contribution in [0.15, 0.2) is 35.6 Å². The Labute approximate surface area is 124 Å². The third-order valence-corrected chi connectivity index (χ3v) is 2.87. The van der Waals surface area contributed by atoms with Crippen molar-refractivity contribution in [2.45, 2.75) is 6.92 Å². The number of aryl methyl sites for hydroxylation is 1. The van der Waals surface area contributed by atoms with Crippen molar-refractivity contribution >= 4 is 12.2 Å². The summed E-state index contributed by atoms with van der Waals surface area (Å²) >= 11 is 0. The van der Waals surface area contributed by atoms with E-state index in [4.69, 9.17) is 10.5 Å². The summed E-state index contributed by atoms with van der Waals surface area (Å²) in [4.78, 5) is 6.18. The number of hydrogen-bond donors (Lipinski definition) is 1. The van der Waals surface area contributed by atoms with Gasteiger partial charge in [0.15, 0.2) is 0 Å². The van der Waals surface area contributed by atoms with E-state index in [-0.39, 0.29) is 0 Å². The molecule has 21 heavy (non-hydrogen) atoms. The topological polar surface area (TPSA) is 68.7 Å². The molecule has 1 aromatic carbocycles. The molecule has 6 heteroatoms. The van der Waals surface area contributed by atoms with Crippen molar-refractivity contribution in [1.29, 1.82) is 0 Å². The molecule has 0 unspecified atom stereocenters. The number of rotatable bonds is 6. The first-order chi connectivity index (χ1) is 10.1. The normalized spacial score (nSPS) is 11.4. The van der Waals surface area contributed by atoms with E-state index < -0.39 is 0 Å². The van der Waals surface area contributed by atoms with E-state index >= 15 is 0 Å². The molecular formula is C15H21N5O. The van der Waals surface area contributed by atoms with Gasteiger partial charge in [-0.1, -0.05) is 12.1 Å². The monoisotopic (exact) mass is 287 g/mol. The van der Waals surface area contributed by atoms with E-state index in [0.29, 0.717) is 12.6 Å². The van der Waals surface area contributed by atoms with Gasteiger partial charge < -0.3 is 15.4 Å². The van der Waals surface area contributed by atoms with Crippen LogP contribution in [0, 0.1) is 6.92 Å². The van der Waals surface area contributed by atoms with Crippen LogP contribution >= 0.6 is 0 Å². The first-order valence-corrected chi connectivity index (χ1v) is 6.78. The highest BCUT2D eigenvalue weighted by atomic mass is 16.5. The van der Waals surface area contributed by atoms with Gasteiger partial charge >= 0.3 is 0 Å². The lowest BCUT2D eigenvalue weighted by molar-refractivity contribution is 0.261. The van der Waals surface area contributed by atoms with Gasteiger partial charge in [0.05, 0.1) is 18.1 Å². The SMILES string of the molecule is Cc1cn(N=Cc2ccccc2OCCN(C)C)c(N)n1. The third kappa shape index (κ3) is 4.32. The molecule has 0 amide bonds. The number of para-hydroxylation sites is 1. The van der Waals surface area contributed by atoms with E-state index in [1.807, 2.05) is 45.3 Å². The Morgan fingerprint density at radius 3 is 2.81 bits per heavy atom. The Balaban J connectivity index is 2.10. The van der Waals surface area contributed by atoms with Crippen molar-refractivity contribution in [1.82, 2.24) is 14.6 Å². The van der Waals surface area contributed by atoms with Crippen LogP contribution in [0.5, 0.6) is 5.75 Å². The molecule has 112 valence electrons. The average molecular weight is 287 g/mol. The van der Waals surface area contributed by atoms with Crippen LogP contribution in [0.25, 0.3) is 0 Å². The number of hydrogen-bond acceptors (Lipinski definition) is 5. The van der Waals surface area contributed by atoms with Gasteiger partial charge in [-0.15, -0.1) is 0 Å². The standard InChI is InChI=1S/C15H21N5O/c1-12-11-20(15(16)18-12)17-10-13-6-4-5-7-14(13)21-9-8-19(2)3/h4-7,10-11H,8-9H2,1-3H3,(H2,16,18). The Kier molecular flexibility index (Phi) is 4.94. The molecule has 2 N–H and O–H groups in total. The van der Waals surface area contributed by atoms with Crippen molar-refractivity contribution in [3.8, 4) is 5.75 Å². The maximum absolute atomic E-state index is 5.78. The lowest BCUT2D eigenvalue weighted by Gasteiger charge is -2.12. The summed E-state index contributed by atoms with van der Waals surface area (Å²) in [7, 11) is 4.03. The number of aromatic nitrogens is 2. The summed E-state index contributed by atoms with van der Waals surface area (Å²) in [6.07, 6.45) is 3.50. The van der Waals surface area contributed by atoms with Crippen molar-refractivity contribution in [2.75, 3.05) is 33.0 Å². The van der Waals surface area contributed by atoms with Crippen LogP contribution in [-0.2, 0) is 0 Å². The maximum atomic E-state index is 5.78. The summed E-state index contributed by atoms with van der Waals surface area (Å²) in [6.45, 7) is 3.37. The lowest BCUT2D eigenvalue weighted by atomic mass is 10.2. The second kappa shape index (κ2) is 6.90. The van der Waals surface area contributed by atoms with E-state index in [1.165, 1.54) is 0 Å². The number of nitrogens with two attached hydrogens (primary N) is 1.